The van der Waals surface area contributed by atoms with Gasteiger partial charge in [-0.25, -0.2) is 9.97 Å². The third-order valence-electron chi connectivity index (χ3n) is 3.64. The molecule has 1 aliphatic rings. The fraction of sp³-hybridized carbons (Fsp3) is 0.333. The number of hydrogen-bond acceptors (Lipinski definition) is 3. The van der Waals surface area contributed by atoms with Crippen LogP contribution in [0.5, 0.6) is 0 Å². The second-order valence-corrected chi connectivity index (χ2v) is 5.89. The predicted octanol–water partition coefficient (Wildman–Crippen LogP) is 4.30. The molecule has 0 aliphatic heterocycles. The summed E-state index contributed by atoms with van der Waals surface area (Å²) >= 11 is 12.1. The summed E-state index contributed by atoms with van der Waals surface area (Å²) in [5.41, 5.74) is 9.06. The zero-order valence-electron chi connectivity index (χ0n) is 11.0. The first-order chi connectivity index (χ1) is 9.65. The molecule has 0 fully saturated rings. The quantitative estimate of drug-likeness (QED) is 0.799. The molecule has 1 aromatic carbocycles. The Balaban J connectivity index is 2.11. The molecule has 0 amide bonds. The van der Waals surface area contributed by atoms with E-state index in [0.717, 1.165) is 42.5 Å². The number of fused-ring (bicyclic) bond motifs is 1. The van der Waals surface area contributed by atoms with Crippen LogP contribution in [0, 0.1) is 0 Å². The van der Waals surface area contributed by atoms with Crippen molar-refractivity contribution in [3.05, 3.63) is 39.5 Å². The molecule has 0 unspecified atom stereocenters. The summed E-state index contributed by atoms with van der Waals surface area (Å²) in [7, 11) is 0. The summed E-state index contributed by atoms with van der Waals surface area (Å²) in [6.07, 6.45) is 5.45. The Kier molecular flexibility index (Phi) is 3.81. The second-order valence-electron chi connectivity index (χ2n) is 5.04. The number of anilines is 1. The lowest BCUT2D eigenvalue weighted by molar-refractivity contribution is 0.709. The number of nitrogen functional groups attached to an aromatic ring is 1. The van der Waals surface area contributed by atoms with Crippen molar-refractivity contribution in [3.8, 4) is 11.4 Å². The van der Waals surface area contributed by atoms with E-state index in [1.54, 1.807) is 12.1 Å². The summed E-state index contributed by atoms with van der Waals surface area (Å²) in [6.45, 7) is 0. The van der Waals surface area contributed by atoms with Gasteiger partial charge in [-0.3, -0.25) is 0 Å². The van der Waals surface area contributed by atoms with Gasteiger partial charge in [-0.05, 0) is 43.9 Å². The number of nitrogens with two attached hydrogens (primary N) is 1. The van der Waals surface area contributed by atoms with Crippen LogP contribution in [0.15, 0.2) is 18.2 Å². The molecule has 20 heavy (non-hydrogen) atoms. The van der Waals surface area contributed by atoms with Crippen LogP contribution in [-0.4, -0.2) is 9.97 Å². The van der Waals surface area contributed by atoms with E-state index < -0.39 is 0 Å². The van der Waals surface area contributed by atoms with Crippen LogP contribution in [0.3, 0.4) is 0 Å². The molecule has 5 heteroatoms. The first-order valence-corrected chi connectivity index (χ1v) is 7.51. The molecule has 0 bridgehead atoms. The molecular weight excluding hydrogens is 293 g/mol. The highest BCUT2D eigenvalue weighted by molar-refractivity contribution is 6.36. The molecule has 0 saturated carbocycles. The van der Waals surface area contributed by atoms with Crippen LogP contribution in [0.1, 0.15) is 30.5 Å². The average Bonchev–Trinajstić information content (AvgIpc) is 2.64. The maximum absolute atomic E-state index is 6.23. The van der Waals surface area contributed by atoms with E-state index in [1.807, 2.05) is 6.07 Å². The standard InChI is InChI=1S/C15H15Cl2N3/c16-9-6-7-10(12(17)8-9)15-19-13-5-3-1-2-4-11(13)14(18)20-15/h6-8H,1-5H2,(H2,18,19,20). The molecular formula is C15H15Cl2N3. The largest absolute Gasteiger partial charge is 0.383 e. The molecule has 1 heterocycles. The minimum atomic E-state index is 0.547. The van der Waals surface area contributed by atoms with Crippen LogP contribution in [0.2, 0.25) is 10.0 Å². The van der Waals surface area contributed by atoms with Crippen LogP contribution in [0.4, 0.5) is 5.82 Å². The van der Waals surface area contributed by atoms with E-state index in [9.17, 15) is 0 Å². The van der Waals surface area contributed by atoms with Gasteiger partial charge >= 0.3 is 0 Å². The molecule has 2 N–H and O–H groups in total. The van der Waals surface area contributed by atoms with E-state index in [0.29, 0.717) is 21.7 Å². The van der Waals surface area contributed by atoms with Gasteiger partial charge in [-0.1, -0.05) is 29.6 Å². The van der Waals surface area contributed by atoms with Crippen molar-refractivity contribution in [3.63, 3.8) is 0 Å². The third kappa shape index (κ3) is 2.60. The Morgan fingerprint density at radius 3 is 2.60 bits per heavy atom. The van der Waals surface area contributed by atoms with E-state index in [2.05, 4.69) is 9.97 Å². The number of aryl methyl sites for hydroxylation is 1. The lowest BCUT2D eigenvalue weighted by Gasteiger charge is -2.11. The summed E-state index contributed by atoms with van der Waals surface area (Å²) < 4.78 is 0. The predicted molar refractivity (Wildman–Crippen MR) is 83.2 cm³/mol. The van der Waals surface area contributed by atoms with Crippen molar-refractivity contribution in [2.24, 2.45) is 0 Å². The van der Waals surface area contributed by atoms with Gasteiger partial charge < -0.3 is 5.73 Å². The third-order valence-corrected chi connectivity index (χ3v) is 4.18. The fourth-order valence-electron chi connectivity index (χ4n) is 2.59. The minimum absolute atomic E-state index is 0.547. The lowest BCUT2D eigenvalue weighted by atomic mass is 10.1. The highest BCUT2D eigenvalue weighted by Crippen LogP contribution is 2.31. The maximum atomic E-state index is 6.23. The normalized spacial score (nSPS) is 14.7. The van der Waals surface area contributed by atoms with Crippen molar-refractivity contribution in [1.82, 2.24) is 9.97 Å². The molecule has 104 valence electrons. The van der Waals surface area contributed by atoms with Gasteiger partial charge in [-0.2, -0.15) is 0 Å². The molecule has 3 rings (SSSR count). The SMILES string of the molecule is Nc1nc(-c2ccc(Cl)cc2Cl)nc2c1CCCCC2. The van der Waals surface area contributed by atoms with Gasteiger partial charge in [0, 0.05) is 21.8 Å². The smallest absolute Gasteiger partial charge is 0.163 e. The van der Waals surface area contributed by atoms with Crippen LogP contribution in [0.25, 0.3) is 11.4 Å². The summed E-state index contributed by atoms with van der Waals surface area (Å²) in [6, 6.07) is 5.32. The highest BCUT2D eigenvalue weighted by atomic mass is 35.5. The Bertz CT molecular complexity index is 656. The maximum Gasteiger partial charge on any atom is 0.163 e. The number of aromatic nitrogens is 2. The Hall–Kier alpha value is -1.32. The number of hydrogen-bond donors (Lipinski definition) is 1. The molecule has 0 spiro atoms. The van der Waals surface area contributed by atoms with Gasteiger partial charge in [0.15, 0.2) is 5.82 Å². The Morgan fingerprint density at radius 2 is 1.80 bits per heavy atom. The van der Waals surface area contributed by atoms with E-state index in [4.69, 9.17) is 28.9 Å². The number of benzene rings is 1. The molecule has 0 atom stereocenters. The monoisotopic (exact) mass is 307 g/mol. The number of halogens is 2. The molecule has 1 aromatic heterocycles. The van der Waals surface area contributed by atoms with Crippen LogP contribution in [-0.2, 0) is 12.8 Å². The van der Waals surface area contributed by atoms with Crippen molar-refractivity contribution < 1.29 is 0 Å². The van der Waals surface area contributed by atoms with Crippen molar-refractivity contribution in [1.29, 1.82) is 0 Å². The Morgan fingerprint density at radius 1 is 1.00 bits per heavy atom. The summed E-state index contributed by atoms with van der Waals surface area (Å²) in [5.74, 6) is 1.17. The van der Waals surface area contributed by atoms with E-state index >= 15 is 0 Å². The fourth-order valence-corrected chi connectivity index (χ4v) is 3.08. The van der Waals surface area contributed by atoms with Gasteiger partial charge in [0.25, 0.3) is 0 Å². The zero-order valence-corrected chi connectivity index (χ0v) is 12.5. The summed E-state index contributed by atoms with van der Waals surface area (Å²) in [5, 5.41) is 1.15. The van der Waals surface area contributed by atoms with E-state index in [-0.39, 0.29) is 0 Å². The molecule has 2 aromatic rings. The number of nitrogens with zero attached hydrogens (tertiary/aromatic N) is 2. The van der Waals surface area contributed by atoms with Crippen molar-refractivity contribution >= 4 is 29.0 Å². The van der Waals surface area contributed by atoms with Crippen LogP contribution >= 0.6 is 23.2 Å². The zero-order chi connectivity index (χ0) is 14.1. The highest BCUT2D eigenvalue weighted by Gasteiger charge is 2.17. The van der Waals surface area contributed by atoms with Gasteiger partial charge in [-0.15, -0.1) is 0 Å². The van der Waals surface area contributed by atoms with Gasteiger partial charge in [0.2, 0.25) is 0 Å². The van der Waals surface area contributed by atoms with Gasteiger partial charge in [0.05, 0.1) is 5.02 Å². The topological polar surface area (TPSA) is 51.8 Å². The second kappa shape index (κ2) is 5.58. The molecule has 3 nitrogen and oxygen atoms in total. The molecule has 0 radical (unpaired) electrons. The average molecular weight is 308 g/mol. The van der Waals surface area contributed by atoms with Crippen LogP contribution < -0.4 is 5.73 Å². The first kappa shape index (κ1) is 13.7. The van der Waals surface area contributed by atoms with Crippen molar-refractivity contribution in [2.45, 2.75) is 32.1 Å². The number of rotatable bonds is 1. The lowest BCUT2D eigenvalue weighted by Crippen LogP contribution is -2.06. The summed E-state index contributed by atoms with van der Waals surface area (Å²) in [4.78, 5) is 9.10. The first-order valence-electron chi connectivity index (χ1n) is 6.76. The van der Waals surface area contributed by atoms with E-state index in [1.165, 1.54) is 6.42 Å². The molecule has 0 saturated heterocycles. The Labute approximate surface area is 128 Å². The van der Waals surface area contributed by atoms with Crippen molar-refractivity contribution in [2.75, 3.05) is 5.73 Å². The minimum Gasteiger partial charge on any atom is -0.383 e. The van der Waals surface area contributed by atoms with Gasteiger partial charge in [0.1, 0.15) is 5.82 Å². The molecule has 1 aliphatic carbocycles.